The Hall–Kier alpha value is -1.59. The lowest BCUT2D eigenvalue weighted by molar-refractivity contribution is -0.130. The fourth-order valence-corrected chi connectivity index (χ4v) is 1.61. The van der Waals surface area contributed by atoms with Crippen molar-refractivity contribution in [1.82, 2.24) is 10.2 Å². The lowest BCUT2D eigenvalue weighted by Crippen LogP contribution is -2.28. The summed E-state index contributed by atoms with van der Waals surface area (Å²) in [7, 11) is 3.40. The Balaban J connectivity index is 2.59. The first-order valence-corrected chi connectivity index (χ1v) is 6.74. The van der Waals surface area contributed by atoms with Crippen LogP contribution >= 0.6 is 0 Å². The minimum absolute atomic E-state index is 0.0337. The second-order valence-electron chi connectivity index (χ2n) is 5.13. The van der Waals surface area contributed by atoms with Gasteiger partial charge in [-0.3, -0.25) is 4.79 Å². The van der Waals surface area contributed by atoms with Crippen LogP contribution in [-0.4, -0.2) is 49.3 Å². The number of benzene rings is 1. The van der Waals surface area contributed by atoms with Crippen LogP contribution in [0, 0.1) is 0 Å². The zero-order valence-corrected chi connectivity index (χ0v) is 12.6. The Labute approximate surface area is 120 Å². The molecule has 0 aliphatic carbocycles. The van der Waals surface area contributed by atoms with Crippen molar-refractivity contribution in [2.45, 2.75) is 26.0 Å². The van der Waals surface area contributed by atoms with Crippen LogP contribution in [0.1, 0.15) is 25.5 Å². The molecule has 2 atom stereocenters. The molecular weight excluding hydrogens is 256 g/mol. The van der Waals surface area contributed by atoms with Gasteiger partial charge in [0.1, 0.15) is 5.75 Å². The normalized spacial score (nSPS) is 13.7. The highest BCUT2D eigenvalue weighted by molar-refractivity contribution is 5.77. The highest BCUT2D eigenvalue weighted by Crippen LogP contribution is 2.19. The number of ether oxygens (including phenoxy) is 1. The highest BCUT2D eigenvalue weighted by atomic mass is 16.5. The molecule has 112 valence electrons. The molecule has 2 unspecified atom stereocenters. The van der Waals surface area contributed by atoms with E-state index in [1.807, 2.05) is 31.2 Å². The third-order valence-electron chi connectivity index (χ3n) is 2.94. The number of rotatable bonds is 7. The molecule has 0 radical (unpaired) electrons. The molecule has 5 heteroatoms. The van der Waals surface area contributed by atoms with E-state index in [0.717, 1.165) is 5.56 Å². The summed E-state index contributed by atoms with van der Waals surface area (Å²) in [4.78, 5) is 13.0. The van der Waals surface area contributed by atoms with Crippen molar-refractivity contribution >= 4 is 5.91 Å². The molecule has 1 amide bonds. The summed E-state index contributed by atoms with van der Waals surface area (Å²) in [6.45, 7) is 4.33. The van der Waals surface area contributed by atoms with Gasteiger partial charge in [0.2, 0.25) is 0 Å². The van der Waals surface area contributed by atoms with E-state index in [-0.39, 0.29) is 24.7 Å². The van der Waals surface area contributed by atoms with Gasteiger partial charge in [-0.2, -0.15) is 0 Å². The van der Waals surface area contributed by atoms with Crippen LogP contribution in [0.25, 0.3) is 0 Å². The molecular formula is C15H24N2O3. The Bertz CT molecular complexity index is 433. The average molecular weight is 280 g/mol. The summed E-state index contributed by atoms with van der Waals surface area (Å²) in [6, 6.07) is 7.72. The summed E-state index contributed by atoms with van der Waals surface area (Å²) in [5.74, 6) is 0.596. The van der Waals surface area contributed by atoms with Gasteiger partial charge in [-0.25, -0.2) is 0 Å². The van der Waals surface area contributed by atoms with Crippen molar-refractivity contribution in [3.8, 4) is 5.75 Å². The Morgan fingerprint density at radius 3 is 2.70 bits per heavy atom. The second-order valence-corrected chi connectivity index (χ2v) is 5.13. The second kappa shape index (κ2) is 7.87. The molecule has 1 rings (SSSR count). The molecule has 0 aliphatic rings. The molecule has 0 fully saturated rings. The number of hydrogen-bond acceptors (Lipinski definition) is 4. The Kier molecular flexibility index (Phi) is 6.48. The zero-order valence-electron chi connectivity index (χ0n) is 12.6. The number of nitrogens with zero attached hydrogens (tertiary/aromatic N) is 1. The van der Waals surface area contributed by atoms with Crippen LogP contribution in [0.5, 0.6) is 5.75 Å². The van der Waals surface area contributed by atoms with Gasteiger partial charge in [0.05, 0.1) is 6.10 Å². The molecule has 1 aromatic carbocycles. The summed E-state index contributed by atoms with van der Waals surface area (Å²) >= 11 is 0. The number of aliphatic hydroxyl groups is 1. The number of carbonyl (C=O) groups excluding carboxylic acids is 1. The fraction of sp³-hybridized carbons (Fsp3) is 0.533. The monoisotopic (exact) mass is 280 g/mol. The van der Waals surface area contributed by atoms with E-state index in [1.165, 1.54) is 4.90 Å². The van der Waals surface area contributed by atoms with Gasteiger partial charge in [-0.05, 0) is 31.5 Å². The molecule has 0 aromatic heterocycles. The molecule has 20 heavy (non-hydrogen) atoms. The first-order valence-electron chi connectivity index (χ1n) is 6.74. The van der Waals surface area contributed by atoms with Crippen molar-refractivity contribution in [2.75, 3.05) is 27.2 Å². The van der Waals surface area contributed by atoms with Gasteiger partial charge in [0.25, 0.3) is 5.91 Å². The maximum Gasteiger partial charge on any atom is 0.259 e. The molecule has 5 nitrogen and oxygen atoms in total. The van der Waals surface area contributed by atoms with Gasteiger partial charge in [-0.1, -0.05) is 12.1 Å². The first-order chi connectivity index (χ1) is 9.40. The maximum atomic E-state index is 11.5. The van der Waals surface area contributed by atoms with E-state index in [1.54, 1.807) is 21.0 Å². The number of aliphatic hydroxyl groups excluding tert-OH is 1. The number of amides is 1. The van der Waals surface area contributed by atoms with Gasteiger partial charge >= 0.3 is 0 Å². The number of carbonyl (C=O) groups is 1. The third kappa shape index (κ3) is 5.59. The Morgan fingerprint density at radius 1 is 1.40 bits per heavy atom. The molecule has 0 spiro atoms. The van der Waals surface area contributed by atoms with Crippen molar-refractivity contribution in [3.63, 3.8) is 0 Å². The first kappa shape index (κ1) is 16.5. The maximum absolute atomic E-state index is 11.5. The quantitative estimate of drug-likeness (QED) is 0.787. The standard InChI is InChI=1S/C15H24N2O3/c1-11(18)9-16-12(2)13-6-5-7-14(8-13)20-10-15(19)17(3)4/h5-8,11-12,16,18H,9-10H2,1-4H3. The predicted molar refractivity (Wildman–Crippen MR) is 78.7 cm³/mol. The van der Waals surface area contributed by atoms with E-state index in [0.29, 0.717) is 12.3 Å². The van der Waals surface area contributed by atoms with Crippen LogP contribution in [0.4, 0.5) is 0 Å². The van der Waals surface area contributed by atoms with Crippen LogP contribution in [0.2, 0.25) is 0 Å². The fourth-order valence-electron chi connectivity index (χ4n) is 1.61. The molecule has 0 saturated heterocycles. The molecule has 0 aliphatic heterocycles. The number of likely N-dealkylation sites (N-methyl/N-ethyl adjacent to an activating group) is 1. The molecule has 0 saturated carbocycles. The van der Waals surface area contributed by atoms with Crippen molar-refractivity contribution in [1.29, 1.82) is 0 Å². The largest absolute Gasteiger partial charge is 0.484 e. The van der Waals surface area contributed by atoms with Crippen molar-refractivity contribution in [3.05, 3.63) is 29.8 Å². The zero-order chi connectivity index (χ0) is 15.1. The van der Waals surface area contributed by atoms with E-state index < -0.39 is 0 Å². The minimum atomic E-state index is -0.380. The van der Waals surface area contributed by atoms with E-state index in [4.69, 9.17) is 4.74 Å². The van der Waals surface area contributed by atoms with Gasteiger partial charge in [-0.15, -0.1) is 0 Å². The molecule has 1 aromatic rings. The number of nitrogens with one attached hydrogen (secondary N) is 1. The smallest absolute Gasteiger partial charge is 0.259 e. The summed E-state index contributed by atoms with van der Waals surface area (Å²) in [5.41, 5.74) is 1.06. The Morgan fingerprint density at radius 2 is 2.10 bits per heavy atom. The van der Waals surface area contributed by atoms with Gasteiger partial charge in [0.15, 0.2) is 6.61 Å². The third-order valence-corrected chi connectivity index (χ3v) is 2.94. The number of hydrogen-bond donors (Lipinski definition) is 2. The van der Waals surface area contributed by atoms with Crippen LogP contribution in [0.15, 0.2) is 24.3 Å². The van der Waals surface area contributed by atoms with E-state index in [9.17, 15) is 9.90 Å². The lowest BCUT2D eigenvalue weighted by atomic mass is 10.1. The molecule has 0 bridgehead atoms. The van der Waals surface area contributed by atoms with Gasteiger partial charge in [0, 0.05) is 26.7 Å². The minimum Gasteiger partial charge on any atom is -0.484 e. The highest BCUT2D eigenvalue weighted by Gasteiger charge is 2.09. The van der Waals surface area contributed by atoms with Crippen LogP contribution < -0.4 is 10.1 Å². The summed E-state index contributed by atoms with van der Waals surface area (Å²) in [5, 5.41) is 12.5. The SMILES string of the molecule is CC(O)CNC(C)c1cccc(OCC(=O)N(C)C)c1. The predicted octanol–water partition coefficient (Wildman–Crippen LogP) is 1.18. The van der Waals surface area contributed by atoms with E-state index >= 15 is 0 Å². The van der Waals surface area contributed by atoms with Crippen molar-refractivity contribution < 1.29 is 14.6 Å². The van der Waals surface area contributed by atoms with Crippen LogP contribution in [0.3, 0.4) is 0 Å². The van der Waals surface area contributed by atoms with Crippen molar-refractivity contribution in [2.24, 2.45) is 0 Å². The molecule has 2 N–H and O–H groups in total. The van der Waals surface area contributed by atoms with Gasteiger partial charge < -0.3 is 20.1 Å². The van der Waals surface area contributed by atoms with E-state index in [2.05, 4.69) is 5.32 Å². The lowest BCUT2D eigenvalue weighted by Gasteiger charge is -2.17. The summed E-state index contributed by atoms with van der Waals surface area (Å²) in [6.07, 6.45) is -0.380. The van der Waals surface area contributed by atoms with Crippen LogP contribution in [-0.2, 0) is 4.79 Å². The average Bonchev–Trinajstić information content (AvgIpc) is 2.42. The topological polar surface area (TPSA) is 61.8 Å². The summed E-state index contributed by atoms with van der Waals surface area (Å²) < 4.78 is 5.48. The molecule has 0 heterocycles.